The fourth-order valence-corrected chi connectivity index (χ4v) is 2.76. The number of ether oxygens (including phenoxy) is 2. The SMILES string of the molecule is Cc1cccc2c1OCC/C2=N\NC(=O)C(C)Oc1cccc(Cl)c1. The molecule has 25 heavy (non-hydrogen) atoms. The Labute approximate surface area is 151 Å². The van der Waals surface area contributed by atoms with Gasteiger partial charge in [0.15, 0.2) is 6.10 Å². The van der Waals surface area contributed by atoms with Crippen LogP contribution in [0.4, 0.5) is 0 Å². The first kappa shape index (κ1) is 17.3. The highest BCUT2D eigenvalue weighted by molar-refractivity contribution is 6.30. The van der Waals surface area contributed by atoms with Crippen molar-refractivity contribution in [3.8, 4) is 11.5 Å². The third kappa shape index (κ3) is 4.12. The van der Waals surface area contributed by atoms with E-state index in [0.717, 1.165) is 22.6 Å². The van der Waals surface area contributed by atoms with E-state index in [1.54, 1.807) is 31.2 Å². The molecule has 0 radical (unpaired) electrons. The van der Waals surface area contributed by atoms with Gasteiger partial charge in [-0.2, -0.15) is 5.10 Å². The molecule has 5 nitrogen and oxygen atoms in total. The van der Waals surface area contributed by atoms with E-state index in [4.69, 9.17) is 21.1 Å². The Balaban J connectivity index is 1.68. The van der Waals surface area contributed by atoms with Crippen molar-refractivity contribution < 1.29 is 14.3 Å². The van der Waals surface area contributed by atoms with Gasteiger partial charge in [0.25, 0.3) is 5.91 Å². The van der Waals surface area contributed by atoms with Crippen molar-refractivity contribution in [2.45, 2.75) is 26.4 Å². The van der Waals surface area contributed by atoms with Gasteiger partial charge >= 0.3 is 0 Å². The molecule has 0 spiro atoms. The standard InChI is InChI=1S/C19H19ClN2O3/c1-12-5-3-8-16-17(9-10-24-18(12)16)21-22-19(23)13(2)25-15-7-4-6-14(20)11-15/h3-8,11,13H,9-10H2,1-2H3,(H,22,23)/b21-17+. The monoisotopic (exact) mass is 358 g/mol. The zero-order valence-corrected chi connectivity index (χ0v) is 14.8. The van der Waals surface area contributed by atoms with Crippen molar-refractivity contribution in [1.29, 1.82) is 0 Å². The topological polar surface area (TPSA) is 59.9 Å². The van der Waals surface area contributed by atoms with E-state index in [2.05, 4.69) is 10.5 Å². The maximum absolute atomic E-state index is 12.2. The molecule has 0 bridgehead atoms. The number of hydrazone groups is 1. The van der Waals surface area contributed by atoms with Crippen LogP contribution in [0.2, 0.25) is 5.02 Å². The number of amides is 1. The number of halogens is 1. The lowest BCUT2D eigenvalue weighted by molar-refractivity contribution is -0.127. The van der Waals surface area contributed by atoms with Crippen molar-refractivity contribution in [2.24, 2.45) is 5.10 Å². The number of benzene rings is 2. The minimum absolute atomic E-state index is 0.326. The number of nitrogens with one attached hydrogen (secondary N) is 1. The van der Waals surface area contributed by atoms with E-state index in [0.29, 0.717) is 23.8 Å². The number of fused-ring (bicyclic) bond motifs is 1. The van der Waals surface area contributed by atoms with Crippen LogP contribution in [0.5, 0.6) is 11.5 Å². The number of hydrogen-bond donors (Lipinski definition) is 1. The van der Waals surface area contributed by atoms with E-state index in [-0.39, 0.29) is 5.91 Å². The largest absolute Gasteiger partial charge is 0.492 e. The zero-order valence-electron chi connectivity index (χ0n) is 14.1. The predicted molar refractivity (Wildman–Crippen MR) is 97.5 cm³/mol. The number of aryl methyl sites for hydroxylation is 1. The van der Waals surface area contributed by atoms with E-state index in [1.807, 2.05) is 25.1 Å². The highest BCUT2D eigenvalue weighted by Gasteiger charge is 2.20. The lowest BCUT2D eigenvalue weighted by Gasteiger charge is -2.21. The average molecular weight is 359 g/mol. The van der Waals surface area contributed by atoms with Crippen LogP contribution >= 0.6 is 11.6 Å². The second-order valence-corrected chi connectivity index (χ2v) is 6.24. The second-order valence-electron chi connectivity index (χ2n) is 5.80. The van der Waals surface area contributed by atoms with Crippen molar-refractivity contribution in [3.63, 3.8) is 0 Å². The summed E-state index contributed by atoms with van der Waals surface area (Å²) in [5, 5.41) is 4.83. The molecule has 1 atom stereocenters. The fourth-order valence-electron chi connectivity index (χ4n) is 2.58. The molecule has 1 unspecified atom stereocenters. The summed E-state index contributed by atoms with van der Waals surface area (Å²) >= 11 is 5.92. The molecule has 3 rings (SSSR count). The Morgan fingerprint density at radius 2 is 2.12 bits per heavy atom. The van der Waals surface area contributed by atoms with Gasteiger partial charge < -0.3 is 9.47 Å². The summed E-state index contributed by atoms with van der Waals surface area (Å²) in [4.78, 5) is 12.2. The lowest BCUT2D eigenvalue weighted by atomic mass is 10.0. The van der Waals surface area contributed by atoms with Crippen LogP contribution in [0.25, 0.3) is 0 Å². The van der Waals surface area contributed by atoms with Gasteiger partial charge in [0, 0.05) is 17.0 Å². The summed E-state index contributed by atoms with van der Waals surface area (Å²) in [6.45, 7) is 4.20. The number of rotatable bonds is 4. The van der Waals surface area contributed by atoms with Crippen molar-refractivity contribution in [3.05, 3.63) is 58.6 Å². The van der Waals surface area contributed by atoms with Gasteiger partial charge in [0.1, 0.15) is 11.5 Å². The summed E-state index contributed by atoms with van der Waals surface area (Å²) in [5.74, 6) is 1.04. The summed E-state index contributed by atoms with van der Waals surface area (Å²) in [5.41, 5.74) is 5.34. The van der Waals surface area contributed by atoms with E-state index < -0.39 is 6.10 Å². The van der Waals surface area contributed by atoms with Crippen LogP contribution in [-0.4, -0.2) is 24.3 Å². The minimum atomic E-state index is -0.695. The van der Waals surface area contributed by atoms with Crippen molar-refractivity contribution in [1.82, 2.24) is 5.43 Å². The third-order valence-corrected chi connectivity index (χ3v) is 4.12. The second kappa shape index (κ2) is 7.57. The van der Waals surface area contributed by atoms with Gasteiger partial charge in [-0.15, -0.1) is 0 Å². The van der Waals surface area contributed by atoms with Crippen LogP contribution in [-0.2, 0) is 4.79 Å². The molecule has 0 saturated heterocycles. The Morgan fingerprint density at radius 1 is 1.32 bits per heavy atom. The molecule has 6 heteroatoms. The van der Waals surface area contributed by atoms with Crippen LogP contribution in [0.1, 0.15) is 24.5 Å². The molecular weight excluding hydrogens is 340 g/mol. The normalized spacial score (nSPS) is 15.9. The molecule has 0 fully saturated rings. The van der Waals surface area contributed by atoms with Crippen molar-refractivity contribution >= 4 is 23.2 Å². The smallest absolute Gasteiger partial charge is 0.280 e. The van der Waals surface area contributed by atoms with Gasteiger partial charge in [-0.05, 0) is 43.7 Å². The van der Waals surface area contributed by atoms with E-state index in [1.165, 1.54) is 0 Å². The summed E-state index contributed by atoms with van der Waals surface area (Å²) in [6, 6.07) is 12.8. The Bertz CT molecular complexity index is 820. The molecular formula is C19H19ClN2O3. The summed E-state index contributed by atoms with van der Waals surface area (Å²) in [6.07, 6.45) is -0.0556. The van der Waals surface area contributed by atoms with Gasteiger partial charge in [-0.25, -0.2) is 5.43 Å². The molecule has 1 aliphatic heterocycles. The molecule has 1 heterocycles. The molecule has 0 aliphatic carbocycles. The summed E-state index contributed by atoms with van der Waals surface area (Å²) in [7, 11) is 0. The van der Waals surface area contributed by atoms with Gasteiger partial charge in [-0.3, -0.25) is 4.79 Å². The quantitative estimate of drug-likeness (QED) is 0.847. The number of hydrogen-bond acceptors (Lipinski definition) is 4. The van der Waals surface area contributed by atoms with Crippen LogP contribution in [0.3, 0.4) is 0 Å². The molecule has 130 valence electrons. The molecule has 0 aromatic heterocycles. The van der Waals surface area contributed by atoms with Crippen LogP contribution in [0, 0.1) is 6.92 Å². The zero-order chi connectivity index (χ0) is 17.8. The van der Waals surface area contributed by atoms with E-state index >= 15 is 0 Å². The Morgan fingerprint density at radius 3 is 2.92 bits per heavy atom. The first-order valence-electron chi connectivity index (χ1n) is 8.06. The van der Waals surface area contributed by atoms with Crippen LogP contribution in [0.15, 0.2) is 47.6 Å². The minimum Gasteiger partial charge on any atom is -0.492 e. The van der Waals surface area contributed by atoms with Crippen LogP contribution < -0.4 is 14.9 Å². The Hall–Kier alpha value is -2.53. The third-order valence-electron chi connectivity index (χ3n) is 3.89. The van der Waals surface area contributed by atoms with Gasteiger partial charge in [0.05, 0.1) is 12.3 Å². The number of carbonyl (C=O) groups is 1. The molecule has 1 aliphatic rings. The van der Waals surface area contributed by atoms with Gasteiger partial charge in [-0.1, -0.05) is 29.8 Å². The molecule has 1 amide bonds. The van der Waals surface area contributed by atoms with Gasteiger partial charge in [0.2, 0.25) is 0 Å². The van der Waals surface area contributed by atoms with E-state index in [9.17, 15) is 4.79 Å². The number of nitrogens with zero attached hydrogens (tertiary/aromatic N) is 1. The number of para-hydroxylation sites is 1. The average Bonchev–Trinajstić information content (AvgIpc) is 2.60. The molecule has 2 aromatic rings. The number of carbonyl (C=O) groups excluding carboxylic acids is 1. The first-order chi connectivity index (χ1) is 12.0. The molecule has 1 N–H and O–H groups in total. The highest BCUT2D eigenvalue weighted by Crippen LogP contribution is 2.28. The maximum Gasteiger partial charge on any atom is 0.280 e. The first-order valence-corrected chi connectivity index (χ1v) is 8.44. The fraction of sp³-hybridized carbons (Fsp3) is 0.263. The Kier molecular flexibility index (Phi) is 5.24. The molecule has 2 aromatic carbocycles. The molecule has 0 saturated carbocycles. The summed E-state index contributed by atoms with van der Waals surface area (Å²) < 4.78 is 11.3. The predicted octanol–water partition coefficient (Wildman–Crippen LogP) is 3.72. The maximum atomic E-state index is 12.2. The highest BCUT2D eigenvalue weighted by atomic mass is 35.5. The lowest BCUT2D eigenvalue weighted by Crippen LogP contribution is -2.34. The van der Waals surface area contributed by atoms with Crippen molar-refractivity contribution in [2.75, 3.05) is 6.61 Å².